The van der Waals surface area contributed by atoms with Crippen LogP contribution >= 0.6 is 0 Å². The molecular formula is C15H16F2N2O4. The molecule has 1 N–H and O–H groups in total. The molecule has 0 aliphatic heterocycles. The molecule has 0 atom stereocenters. The van der Waals surface area contributed by atoms with Crippen molar-refractivity contribution in [3.63, 3.8) is 0 Å². The summed E-state index contributed by atoms with van der Waals surface area (Å²) in [4.78, 5) is 11.8. The van der Waals surface area contributed by atoms with Crippen molar-refractivity contribution in [2.45, 2.75) is 20.0 Å². The summed E-state index contributed by atoms with van der Waals surface area (Å²) in [5, 5.41) is 6.31. The lowest BCUT2D eigenvalue weighted by Gasteiger charge is -2.11. The van der Waals surface area contributed by atoms with Gasteiger partial charge < -0.3 is 19.3 Å². The average Bonchev–Trinajstić information content (AvgIpc) is 2.94. The van der Waals surface area contributed by atoms with Crippen LogP contribution < -0.4 is 14.8 Å². The van der Waals surface area contributed by atoms with Crippen molar-refractivity contribution in [1.29, 1.82) is 0 Å². The van der Waals surface area contributed by atoms with E-state index < -0.39 is 6.61 Å². The lowest BCUT2D eigenvalue weighted by molar-refractivity contribution is -0.0512. The predicted molar refractivity (Wildman–Crippen MR) is 76.9 cm³/mol. The Hall–Kier alpha value is -2.64. The quantitative estimate of drug-likeness (QED) is 0.846. The summed E-state index contributed by atoms with van der Waals surface area (Å²) in [5.41, 5.74) is 1.42. The van der Waals surface area contributed by atoms with Crippen LogP contribution in [0.15, 0.2) is 28.8 Å². The van der Waals surface area contributed by atoms with Gasteiger partial charge in [0.2, 0.25) is 5.76 Å². The summed E-state index contributed by atoms with van der Waals surface area (Å²) in [6, 6.07) is 6.16. The Bertz CT molecular complexity index is 673. The third-order valence-corrected chi connectivity index (χ3v) is 3.00. The second-order valence-electron chi connectivity index (χ2n) is 4.70. The number of aryl methyl sites for hydroxylation is 1. The van der Waals surface area contributed by atoms with Crippen molar-refractivity contribution in [2.24, 2.45) is 0 Å². The van der Waals surface area contributed by atoms with Crippen molar-refractivity contribution in [3.8, 4) is 11.5 Å². The van der Waals surface area contributed by atoms with Gasteiger partial charge in [-0.05, 0) is 31.0 Å². The third-order valence-electron chi connectivity index (χ3n) is 3.00. The summed E-state index contributed by atoms with van der Waals surface area (Å²) in [7, 11) is 1.37. The molecule has 0 aliphatic rings. The summed E-state index contributed by atoms with van der Waals surface area (Å²) < 4.78 is 38.7. The van der Waals surface area contributed by atoms with Crippen LogP contribution in [-0.2, 0) is 6.42 Å². The molecule has 2 aromatic rings. The van der Waals surface area contributed by atoms with E-state index in [9.17, 15) is 13.6 Å². The Morgan fingerprint density at radius 1 is 1.35 bits per heavy atom. The Kier molecular flexibility index (Phi) is 5.51. The molecule has 0 aliphatic carbocycles. The number of rotatable bonds is 7. The van der Waals surface area contributed by atoms with Gasteiger partial charge in [0.25, 0.3) is 5.91 Å². The molecule has 0 unspecified atom stereocenters. The van der Waals surface area contributed by atoms with Crippen LogP contribution in [0.2, 0.25) is 0 Å². The summed E-state index contributed by atoms with van der Waals surface area (Å²) in [6.07, 6.45) is 0.490. The Balaban J connectivity index is 1.91. The zero-order chi connectivity index (χ0) is 16.8. The van der Waals surface area contributed by atoms with Gasteiger partial charge in [-0.15, -0.1) is 0 Å². The number of benzene rings is 1. The van der Waals surface area contributed by atoms with Gasteiger partial charge in [0.15, 0.2) is 11.5 Å². The number of halogens is 2. The van der Waals surface area contributed by atoms with Crippen LogP contribution in [0.5, 0.6) is 11.5 Å². The van der Waals surface area contributed by atoms with Crippen molar-refractivity contribution < 1.29 is 27.6 Å². The largest absolute Gasteiger partial charge is 0.493 e. The van der Waals surface area contributed by atoms with Crippen molar-refractivity contribution >= 4 is 5.91 Å². The number of nitrogens with one attached hydrogen (secondary N) is 1. The van der Waals surface area contributed by atoms with Gasteiger partial charge in [0, 0.05) is 12.6 Å². The van der Waals surface area contributed by atoms with Gasteiger partial charge >= 0.3 is 6.61 Å². The Morgan fingerprint density at radius 2 is 2.13 bits per heavy atom. The van der Waals surface area contributed by atoms with E-state index in [4.69, 9.17) is 9.26 Å². The number of carbonyl (C=O) groups excluding carboxylic acids is 1. The summed E-state index contributed by atoms with van der Waals surface area (Å²) in [6.45, 7) is -0.855. The summed E-state index contributed by atoms with van der Waals surface area (Å²) >= 11 is 0. The molecule has 0 saturated heterocycles. The number of hydrogen-bond acceptors (Lipinski definition) is 5. The highest BCUT2D eigenvalue weighted by Gasteiger charge is 2.12. The number of ether oxygens (including phenoxy) is 2. The number of carbonyl (C=O) groups is 1. The maximum atomic E-state index is 12.3. The fraction of sp³-hybridized carbons (Fsp3) is 0.333. The van der Waals surface area contributed by atoms with E-state index in [0.29, 0.717) is 18.7 Å². The van der Waals surface area contributed by atoms with E-state index in [1.165, 1.54) is 19.2 Å². The lowest BCUT2D eigenvalue weighted by atomic mass is 10.1. The number of hydrogen-bond donors (Lipinski definition) is 1. The first-order valence-electron chi connectivity index (χ1n) is 6.83. The molecule has 1 heterocycles. The van der Waals surface area contributed by atoms with Crippen LogP contribution in [0, 0.1) is 6.92 Å². The first-order valence-corrected chi connectivity index (χ1v) is 6.83. The standard InChI is InChI=1S/C15H16F2N2O4/c1-9-7-13(23-19-9)14(20)18-6-5-10-3-4-11(22-15(16)17)12(8-10)21-2/h3-4,7-8,15H,5-6H2,1-2H3,(H,18,20). The van der Waals surface area contributed by atoms with Crippen molar-refractivity contribution in [3.05, 3.63) is 41.3 Å². The second kappa shape index (κ2) is 7.57. The first-order chi connectivity index (χ1) is 11.0. The fourth-order valence-electron chi connectivity index (χ4n) is 1.94. The van der Waals surface area contributed by atoms with Gasteiger partial charge in [-0.2, -0.15) is 8.78 Å². The number of alkyl halides is 2. The maximum absolute atomic E-state index is 12.3. The third kappa shape index (κ3) is 4.67. The van der Waals surface area contributed by atoms with E-state index in [2.05, 4.69) is 15.2 Å². The highest BCUT2D eigenvalue weighted by Crippen LogP contribution is 2.29. The zero-order valence-electron chi connectivity index (χ0n) is 12.6. The van der Waals surface area contributed by atoms with Crippen LogP contribution in [0.1, 0.15) is 21.8 Å². The first kappa shape index (κ1) is 16.7. The molecule has 2 rings (SSSR count). The summed E-state index contributed by atoms with van der Waals surface area (Å²) in [5.74, 6) is -0.0524. The number of methoxy groups -OCH3 is 1. The van der Waals surface area contributed by atoms with Crippen LogP contribution in [-0.4, -0.2) is 31.3 Å². The normalized spacial score (nSPS) is 10.7. The van der Waals surface area contributed by atoms with Crippen LogP contribution in [0.25, 0.3) is 0 Å². The molecule has 0 spiro atoms. The molecule has 0 fully saturated rings. The molecule has 0 bridgehead atoms. The molecular weight excluding hydrogens is 310 g/mol. The van der Waals surface area contributed by atoms with Crippen LogP contribution in [0.3, 0.4) is 0 Å². The van der Waals surface area contributed by atoms with E-state index in [0.717, 1.165) is 5.56 Å². The van der Waals surface area contributed by atoms with Crippen LogP contribution in [0.4, 0.5) is 8.78 Å². The van der Waals surface area contributed by atoms with E-state index in [1.807, 2.05) is 0 Å². The monoisotopic (exact) mass is 326 g/mol. The fourth-order valence-corrected chi connectivity index (χ4v) is 1.94. The van der Waals surface area contributed by atoms with Gasteiger partial charge in [-0.3, -0.25) is 4.79 Å². The molecule has 23 heavy (non-hydrogen) atoms. The Morgan fingerprint density at radius 3 is 2.74 bits per heavy atom. The van der Waals surface area contributed by atoms with Crippen molar-refractivity contribution in [1.82, 2.24) is 10.5 Å². The molecule has 8 heteroatoms. The molecule has 124 valence electrons. The molecule has 0 saturated carbocycles. The van der Waals surface area contributed by atoms with Crippen molar-refractivity contribution in [2.75, 3.05) is 13.7 Å². The Labute approximate surface area is 131 Å². The molecule has 1 amide bonds. The smallest absolute Gasteiger partial charge is 0.387 e. The maximum Gasteiger partial charge on any atom is 0.387 e. The van der Waals surface area contributed by atoms with E-state index >= 15 is 0 Å². The predicted octanol–water partition coefficient (Wildman–Crippen LogP) is 2.57. The number of nitrogens with zero attached hydrogens (tertiary/aromatic N) is 1. The van der Waals surface area contributed by atoms with E-state index in [1.54, 1.807) is 19.1 Å². The topological polar surface area (TPSA) is 73.6 Å². The highest BCUT2D eigenvalue weighted by atomic mass is 19.3. The van der Waals surface area contributed by atoms with Gasteiger partial charge in [-0.1, -0.05) is 11.2 Å². The zero-order valence-corrected chi connectivity index (χ0v) is 12.6. The molecule has 6 nitrogen and oxygen atoms in total. The van der Waals surface area contributed by atoms with Gasteiger partial charge in [0.05, 0.1) is 12.8 Å². The SMILES string of the molecule is COc1cc(CCNC(=O)c2cc(C)no2)ccc1OC(F)F. The van der Waals surface area contributed by atoms with Gasteiger partial charge in [-0.25, -0.2) is 0 Å². The minimum atomic E-state index is -2.92. The van der Waals surface area contributed by atoms with E-state index in [-0.39, 0.29) is 23.2 Å². The second-order valence-corrected chi connectivity index (χ2v) is 4.70. The minimum absolute atomic E-state index is 0.0348. The minimum Gasteiger partial charge on any atom is -0.493 e. The van der Waals surface area contributed by atoms with Gasteiger partial charge in [0.1, 0.15) is 0 Å². The molecule has 1 aromatic heterocycles. The highest BCUT2D eigenvalue weighted by molar-refractivity contribution is 5.91. The molecule has 1 aromatic carbocycles. The number of aromatic nitrogens is 1. The number of amides is 1. The lowest BCUT2D eigenvalue weighted by Crippen LogP contribution is -2.25. The average molecular weight is 326 g/mol. The molecule has 0 radical (unpaired) electrons.